The van der Waals surface area contributed by atoms with Gasteiger partial charge in [-0.05, 0) is 51.1 Å². The molecule has 1 N–H and O–H groups in total. The van der Waals surface area contributed by atoms with Crippen molar-refractivity contribution < 1.29 is 4.39 Å². The molecule has 2 rings (SSSR count). The predicted octanol–water partition coefficient (Wildman–Crippen LogP) is 2.86. The van der Waals surface area contributed by atoms with Crippen LogP contribution in [0.15, 0.2) is 18.2 Å². The van der Waals surface area contributed by atoms with E-state index in [1.54, 1.807) is 6.07 Å². The molecule has 0 radical (unpaired) electrons. The Morgan fingerprint density at radius 1 is 1.38 bits per heavy atom. The van der Waals surface area contributed by atoms with Crippen molar-refractivity contribution in [3.63, 3.8) is 0 Å². The molecule has 0 bridgehead atoms. The van der Waals surface area contributed by atoms with Crippen LogP contribution in [0.2, 0.25) is 0 Å². The van der Waals surface area contributed by atoms with Crippen molar-refractivity contribution >= 4 is 5.69 Å². The first-order valence-electron chi connectivity index (χ1n) is 8.00. The Morgan fingerprint density at radius 2 is 2.19 bits per heavy atom. The van der Waals surface area contributed by atoms with Crippen LogP contribution in [0.25, 0.3) is 0 Å². The summed E-state index contributed by atoms with van der Waals surface area (Å²) in [4.78, 5) is 4.49. The molecule has 1 aromatic rings. The highest BCUT2D eigenvalue weighted by atomic mass is 19.1. The first-order valence-corrected chi connectivity index (χ1v) is 8.00. The lowest BCUT2D eigenvalue weighted by Gasteiger charge is -2.33. The summed E-state index contributed by atoms with van der Waals surface area (Å²) in [6, 6.07) is 6.17. The van der Waals surface area contributed by atoms with Crippen molar-refractivity contribution in [2.24, 2.45) is 0 Å². The molecule has 1 aromatic carbocycles. The maximum Gasteiger partial charge on any atom is 0.146 e. The van der Waals surface area contributed by atoms with E-state index in [0.717, 1.165) is 26.2 Å². The molecule has 0 aliphatic carbocycles. The standard InChI is InChI=1S/C17H28FN3/c1-14-6-4-5-10-21(14)13-15-7-8-16(18)17(12-15)20(3)11-9-19-2/h7-8,12,14,19H,4-6,9-11,13H2,1-3H3. The normalized spacial score (nSPS) is 19.7. The van der Waals surface area contributed by atoms with Crippen LogP contribution >= 0.6 is 0 Å². The Labute approximate surface area is 128 Å². The number of likely N-dealkylation sites (N-methyl/N-ethyl adjacent to an activating group) is 2. The van der Waals surface area contributed by atoms with E-state index in [1.165, 1.54) is 24.8 Å². The van der Waals surface area contributed by atoms with E-state index < -0.39 is 0 Å². The van der Waals surface area contributed by atoms with Crippen LogP contribution in [0.5, 0.6) is 0 Å². The highest BCUT2D eigenvalue weighted by molar-refractivity contribution is 5.49. The second-order valence-electron chi connectivity index (χ2n) is 6.13. The molecule has 1 aliphatic heterocycles. The molecular formula is C17H28FN3. The van der Waals surface area contributed by atoms with Gasteiger partial charge in [-0.25, -0.2) is 4.39 Å². The van der Waals surface area contributed by atoms with Crippen molar-refractivity contribution in [3.05, 3.63) is 29.6 Å². The van der Waals surface area contributed by atoms with Crippen LogP contribution in [0.4, 0.5) is 10.1 Å². The number of likely N-dealkylation sites (tertiary alicyclic amines) is 1. The van der Waals surface area contributed by atoms with Gasteiger partial charge in [-0.15, -0.1) is 0 Å². The van der Waals surface area contributed by atoms with Gasteiger partial charge in [0.2, 0.25) is 0 Å². The summed E-state index contributed by atoms with van der Waals surface area (Å²) < 4.78 is 14.0. The van der Waals surface area contributed by atoms with E-state index in [2.05, 4.69) is 17.1 Å². The molecule has 118 valence electrons. The summed E-state index contributed by atoms with van der Waals surface area (Å²) in [6.07, 6.45) is 3.88. The fourth-order valence-electron chi connectivity index (χ4n) is 2.98. The maximum atomic E-state index is 14.0. The molecule has 0 saturated carbocycles. The fourth-order valence-corrected chi connectivity index (χ4v) is 2.98. The van der Waals surface area contributed by atoms with Crippen molar-refractivity contribution in [1.82, 2.24) is 10.2 Å². The number of hydrogen-bond donors (Lipinski definition) is 1. The van der Waals surface area contributed by atoms with Crippen LogP contribution in [-0.2, 0) is 6.54 Å². The Hall–Kier alpha value is -1.13. The Balaban J connectivity index is 2.06. The molecule has 21 heavy (non-hydrogen) atoms. The number of rotatable bonds is 6. The van der Waals surface area contributed by atoms with Gasteiger partial charge in [0.25, 0.3) is 0 Å². The summed E-state index contributed by atoms with van der Waals surface area (Å²) >= 11 is 0. The minimum Gasteiger partial charge on any atom is -0.371 e. The number of nitrogens with zero attached hydrogens (tertiary/aromatic N) is 2. The highest BCUT2D eigenvalue weighted by Gasteiger charge is 2.18. The molecule has 1 heterocycles. The lowest BCUT2D eigenvalue weighted by Crippen LogP contribution is -2.36. The van der Waals surface area contributed by atoms with Crippen molar-refractivity contribution in [2.75, 3.05) is 38.6 Å². The first-order chi connectivity index (χ1) is 10.1. The van der Waals surface area contributed by atoms with Gasteiger partial charge in [0, 0.05) is 32.7 Å². The zero-order chi connectivity index (χ0) is 15.2. The van der Waals surface area contributed by atoms with Crippen LogP contribution in [0.1, 0.15) is 31.7 Å². The topological polar surface area (TPSA) is 18.5 Å². The molecule has 0 spiro atoms. The first kappa shape index (κ1) is 16.2. The van der Waals surface area contributed by atoms with Crippen molar-refractivity contribution in [1.29, 1.82) is 0 Å². The van der Waals surface area contributed by atoms with E-state index in [-0.39, 0.29) is 5.82 Å². The zero-order valence-electron chi connectivity index (χ0n) is 13.5. The summed E-state index contributed by atoms with van der Waals surface area (Å²) in [6.45, 7) is 6.03. The van der Waals surface area contributed by atoms with Gasteiger partial charge in [-0.2, -0.15) is 0 Å². The molecule has 0 amide bonds. The fraction of sp³-hybridized carbons (Fsp3) is 0.647. The number of halogens is 1. The smallest absolute Gasteiger partial charge is 0.146 e. The van der Waals surface area contributed by atoms with Crippen LogP contribution in [-0.4, -0.2) is 44.7 Å². The molecule has 1 fully saturated rings. The molecule has 1 unspecified atom stereocenters. The second-order valence-corrected chi connectivity index (χ2v) is 6.13. The number of nitrogens with one attached hydrogen (secondary N) is 1. The number of hydrogen-bond acceptors (Lipinski definition) is 3. The SMILES string of the molecule is CNCCN(C)c1cc(CN2CCCCC2C)ccc1F. The Morgan fingerprint density at radius 3 is 2.90 bits per heavy atom. The molecule has 3 nitrogen and oxygen atoms in total. The zero-order valence-corrected chi connectivity index (χ0v) is 13.5. The predicted molar refractivity (Wildman–Crippen MR) is 87.3 cm³/mol. The van der Waals surface area contributed by atoms with Crippen molar-refractivity contribution in [2.45, 2.75) is 38.8 Å². The van der Waals surface area contributed by atoms with Gasteiger partial charge in [0.15, 0.2) is 0 Å². The molecule has 1 aliphatic rings. The largest absolute Gasteiger partial charge is 0.371 e. The monoisotopic (exact) mass is 293 g/mol. The molecule has 1 saturated heterocycles. The number of benzene rings is 1. The van der Waals surface area contributed by atoms with E-state index in [9.17, 15) is 4.39 Å². The second kappa shape index (κ2) is 7.76. The highest BCUT2D eigenvalue weighted by Crippen LogP contribution is 2.23. The third kappa shape index (κ3) is 4.42. The van der Waals surface area contributed by atoms with Gasteiger partial charge in [0.1, 0.15) is 5.82 Å². The van der Waals surface area contributed by atoms with Crippen LogP contribution in [0, 0.1) is 5.82 Å². The van der Waals surface area contributed by atoms with E-state index >= 15 is 0 Å². The molecular weight excluding hydrogens is 265 g/mol. The lowest BCUT2D eigenvalue weighted by atomic mass is 10.0. The van der Waals surface area contributed by atoms with Gasteiger partial charge in [-0.3, -0.25) is 4.90 Å². The quantitative estimate of drug-likeness (QED) is 0.870. The van der Waals surface area contributed by atoms with E-state index in [1.807, 2.05) is 31.1 Å². The van der Waals surface area contributed by atoms with Gasteiger partial charge < -0.3 is 10.2 Å². The minimum absolute atomic E-state index is 0.135. The lowest BCUT2D eigenvalue weighted by molar-refractivity contribution is 0.152. The van der Waals surface area contributed by atoms with E-state index in [0.29, 0.717) is 11.7 Å². The molecule has 0 aromatic heterocycles. The van der Waals surface area contributed by atoms with Gasteiger partial charge >= 0.3 is 0 Å². The average Bonchev–Trinajstić information content (AvgIpc) is 2.49. The van der Waals surface area contributed by atoms with Crippen LogP contribution in [0.3, 0.4) is 0 Å². The summed E-state index contributed by atoms with van der Waals surface area (Å²) in [5.74, 6) is -0.135. The average molecular weight is 293 g/mol. The summed E-state index contributed by atoms with van der Waals surface area (Å²) in [5, 5.41) is 3.10. The van der Waals surface area contributed by atoms with Crippen molar-refractivity contribution in [3.8, 4) is 0 Å². The number of piperidine rings is 1. The molecule has 1 atom stereocenters. The Kier molecular flexibility index (Phi) is 6.00. The third-order valence-electron chi connectivity index (χ3n) is 4.45. The minimum atomic E-state index is -0.135. The van der Waals surface area contributed by atoms with Gasteiger partial charge in [0.05, 0.1) is 5.69 Å². The Bertz CT molecular complexity index is 450. The third-order valence-corrected chi connectivity index (χ3v) is 4.45. The molecule has 4 heteroatoms. The van der Waals surface area contributed by atoms with Gasteiger partial charge in [-0.1, -0.05) is 12.5 Å². The number of anilines is 1. The summed E-state index contributed by atoms with van der Waals surface area (Å²) in [7, 11) is 3.86. The maximum absolute atomic E-state index is 14.0. The summed E-state index contributed by atoms with van der Waals surface area (Å²) in [5.41, 5.74) is 1.91. The van der Waals surface area contributed by atoms with E-state index in [4.69, 9.17) is 0 Å². The van der Waals surface area contributed by atoms with Crippen LogP contribution < -0.4 is 10.2 Å².